The molecule has 0 unspecified atom stereocenters. The number of carboxylic acid groups (broad SMARTS) is 1. The first-order chi connectivity index (χ1) is 12.7. The van der Waals surface area contributed by atoms with Crippen molar-refractivity contribution in [3.05, 3.63) is 60.8 Å². The summed E-state index contributed by atoms with van der Waals surface area (Å²) in [6, 6.07) is 18.8. The van der Waals surface area contributed by atoms with E-state index in [-0.39, 0.29) is 0 Å². The molecule has 1 saturated heterocycles. The Labute approximate surface area is 156 Å². The molecule has 0 atom stereocenters. The maximum Gasteiger partial charge on any atom is 0.407 e. The molecule has 1 aromatic heterocycles. The zero-order valence-electron chi connectivity index (χ0n) is 14.2. The van der Waals surface area contributed by atoms with E-state index >= 15 is 0 Å². The van der Waals surface area contributed by atoms with Crippen molar-refractivity contribution in [3.63, 3.8) is 0 Å². The Morgan fingerprint density at radius 2 is 1.73 bits per heavy atom. The highest BCUT2D eigenvalue weighted by molar-refractivity contribution is 7.99. The summed E-state index contributed by atoms with van der Waals surface area (Å²) in [6.07, 6.45) is 0.975. The summed E-state index contributed by atoms with van der Waals surface area (Å²) in [5, 5.41) is 11.4. The fraction of sp³-hybridized carbons (Fsp3) is 0.200. The molecule has 1 aliphatic rings. The molecule has 1 aliphatic heterocycles. The molecule has 0 bridgehead atoms. The van der Waals surface area contributed by atoms with Crippen LogP contribution in [0.2, 0.25) is 0 Å². The van der Waals surface area contributed by atoms with Crippen molar-refractivity contribution in [1.82, 2.24) is 9.88 Å². The maximum absolute atomic E-state index is 11.1. The van der Waals surface area contributed by atoms with E-state index in [0.29, 0.717) is 26.2 Å². The molecule has 6 heteroatoms. The SMILES string of the molecule is O=C(O)N1CCN(c2nccc3ccc(Sc4ccccc4)cc23)CC1. The number of hydrogen-bond donors (Lipinski definition) is 1. The molecule has 26 heavy (non-hydrogen) atoms. The topological polar surface area (TPSA) is 56.7 Å². The second-order valence-electron chi connectivity index (χ2n) is 6.19. The molecule has 3 aromatic rings. The van der Waals surface area contributed by atoms with Gasteiger partial charge in [0.05, 0.1) is 0 Å². The number of nitrogens with zero attached hydrogens (tertiary/aromatic N) is 3. The van der Waals surface area contributed by atoms with Crippen LogP contribution in [-0.4, -0.2) is 47.3 Å². The normalized spacial score (nSPS) is 14.6. The molecule has 0 radical (unpaired) electrons. The lowest BCUT2D eigenvalue weighted by atomic mass is 10.1. The number of fused-ring (bicyclic) bond motifs is 1. The van der Waals surface area contributed by atoms with Crippen LogP contribution in [0.4, 0.5) is 10.6 Å². The Hall–Kier alpha value is -2.73. The number of carbonyl (C=O) groups is 1. The molecule has 1 amide bonds. The first-order valence-corrected chi connectivity index (χ1v) is 9.37. The van der Waals surface area contributed by atoms with Crippen LogP contribution in [0.3, 0.4) is 0 Å². The highest BCUT2D eigenvalue weighted by atomic mass is 32.2. The summed E-state index contributed by atoms with van der Waals surface area (Å²) in [5.74, 6) is 0.933. The number of amides is 1. The fourth-order valence-electron chi connectivity index (χ4n) is 3.18. The Morgan fingerprint density at radius 1 is 0.962 bits per heavy atom. The lowest BCUT2D eigenvalue weighted by Gasteiger charge is -2.34. The van der Waals surface area contributed by atoms with Crippen LogP contribution < -0.4 is 4.90 Å². The number of rotatable bonds is 3. The van der Waals surface area contributed by atoms with Crippen molar-refractivity contribution in [2.24, 2.45) is 0 Å². The molecule has 2 heterocycles. The molecule has 132 valence electrons. The summed E-state index contributed by atoms with van der Waals surface area (Å²) in [5.41, 5.74) is 0. The zero-order chi connectivity index (χ0) is 17.9. The minimum absolute atomic E-state index is 0.506. The van der Waals surface area contributed by atoms with E-state index in [2.05, 4.69) is 40.2 Å². The van der Waals surface area contributed by atoms with E-state index in [4.69, 9.17) is 5.11 Å². The Balaban J connectivity index is 1.63. The highest BCUT2D eigenvalue weighted by Gasteiger charge is 2.22. The van der Waals surface area contributed by atoms with Gasteiger partial charge in [-0.2, -0.15) is 0 Å². The average molecular weight is 365 g/mol. The molecule has 1 fully saturated rings. The van der Waals surface area contributed by atoms with E-state index in [0.717, 1.165) is 16.6 Å². The van der Waals surface area contributed by atoms with Crippen molar-refractivity contribution in [2.75, 3.05) is 31.1 Å². The van der Waals surface area contributed by atoms with Crippen LogP contribution in [0, 0.1) is 0 Å². The van der Waals surface area contributed by atoms with Crippen LogP contribution in [0.25, 0.3) is 10.8 Å². The van der Waals surface area contributed by atoms with E-state index in [1.807, 2.05) is 30.5 Å². The molecule has 0 aliphatic carbocycles. The minimum atomic E-state index is -0.850. The smallest absolute Gasteiger partial charge is 0.407 e. The van der Waals surface area contributed by atoms with Gasteiger partial charge >= 0.3 is 6.09 Å². The van der Waals surface area contributed by atoms with Gasteiger partial charge in [-0.15, -0.1) is 0 Å². The van der Waals surface area contributed by atoms with Crippen molar-refractivity contribution in [2.45, 2.75) is 9.79 Å². The predicted molar refractivity (Wildman–Crippen MR) is 104 cm³/mol. The van der Waals surface area contributed by atoms with Gasteiger partial charge in [0.2, 0.25) is 0 Å². The van der Waals surface area contributed by atoms with Crippen LogP contribution in [0.1, 0.15) is 0 Å². The second-order valence-corrected chi connectivity index (χ2v) is 7.34. The third-order valence-corrected chi connectivity index (χ3v) is 5.54. The van der Waals surface area contributed by atoms with Gasteiger partial charge in [-0.25, -0.2) is 9.78 Å². The zero-order valence-corrected chi connectivity index (χ0v) is 15.0. The molecule has 5 nitrogen and oxygen atoms in total. The van der Waals surface area contributed by atoms with Gasteiger partial charge in [-0.05, 0) is 35.7 Å². The maximum atomic E-state index is 11.1. The number of anilines is 1. The van der Waals surface area contributed by atoms with E-state index in [1.54, 1.807) is 11.8 Å². The molecular formula is C20H19N3O2S. The summed E-state index contributed by atoms with van der Waals surface area (Å²) in [6.45, 7) is 2.33. The van der Waals surface area contributed by atoms with Crippen molar-refractivity contribution < 1.29 is 9.90 Å². The standard InChI is InChI=1S/C20H19N3O2S/c24-20(25)23-12-10-22(11-13-23)19-18-14-17(7-6-15(18)8-9-21-19)26-16-4-2-1-3-5-16/h1-9,14H,10-13H2,(H,24,25). The van der Waals surface area contributed by atoms with Gasteiger partial charge in [0.25, 0.3) is 0 Å². The molecular weight excluding hydrogens is 346 g/mol. The number of pyridine rings is 1. The van der Waals surface area contributed by atoms with Gasteiger partial charge in [0, 0.05) is 47.6 Å². The minimum Gasteiger partial charge on any atom is -0.465 e. The largest absolute Gasteiger partial charge is 0.465 e. The Kier molecular flexibility index (Phi) is 4.67. The predicted octanol–water partition coefficient (Wildman–Crippen LogP) is 4.19. The van der Waals surface area contributed by atoms with Gasteiger partial charge in [0.1, 0.15) is 5.82 Å². The van der Waals surface area contributed by atoms with Crippen molar-refractivity contribution >= 4 is 34.4 Å². The van der Waals surface area contributed by atoms with Gasteiger partial charge in [-0.1, -0.05) is 36.0 Å². The molecule has 0 spiro atoms. The number of aromatic nitrogens is 1. The Bertz CT molecular complexity index is 925. The molecule has 2 aromatic carbocycles. The number of piperazine rings is 1. The first-order valence-electron chi connectivity index (χ1n) is 8.55. The monoisotopic (exact) mass is 365 g/mol. The number of benzene rings is 2. The third kappa shape index (κ3) is 3.46. The van der Waals surface area contributed by atoms with Gasteiger partial charge < -0.3 is 14.9 Å². The molecule has 0 saturated carbocycles. The van der Waals surface area contributed by atoms with Crippen molar-refractivity contribution in [3.8, 4) is 0 Å². The molecule has 4 rings (SSSR count). The van der Waals surface area contributed by atoms with Crippen LogP contribution in [-0.2, 0) is 0 Å². The Morgan fingerprint density at radius 3 is 2.46 bits per heavy atom. The molecule has 1 N–H and O–H groups in total. The average Bonchev–Trinajstić information content (AvgIpc) is 2.68. The van der Waals surface area contributed by atoms with E-state index in [9.17, 15) is 4.79 Å². The van der Waals surface area contributed by atoms with Crippen LogP contribution in [0.5, 0.6) is 0 Å². The van der Waals surface area contributed by atoms with Crippen LogP contribution >= 0.6 is 11.8 Å². The second kappa shape index (κ2) is 7.25. The summed E-state index contributed by atoms with van der Waals surface area (Å²) < 4.78 is 0. The van der Waals surface area contributed by atoms with Gasteiger partial charge in [-0.3, -0.25) is 0 Å². The quantitative estimate of drug-likeness (QED) is 0.754. The fourth-order valence-corrected chi connectivity index (χ4v) is 4.06. The lowest BCUT2D eigenvalue weighted by molar-refractivity contribution is 0.142. The van der Waals surface area contributed by atoms with Gasteiger partial charge in [0.15, 0.2) is 0 Å². The lowest BCUT2D eigenvalue weighted by Crippen LogP contribution is -2.48. The van der Waals surface area contributed by atoms with E-state index < -0.39 is 6.09 Å². The summed E-state index contributed by atoms with van der Waals surface area (Å²) in [7, 11) is 0. The highest BCUT2D eigenvalue weighted by Crippen LogP contribution is 2.33. The third-order valence-electron chi connectivity index (χ3n) is 4.55. The van der Waals surface area contributed by atoms with Crippen LogP contribution in [0.15, 0.2) is 70.6 Å². The van der Waals surface area contributed by atoms with E-state index in [1.165, 1.54) is 14.7 Å². The number of hydrogen-bond acceptors (Lipinski definition) is 4. The first kappa shape index (κ1) is 16.7. The summed E-state index contributed by atoms with van der Waals surface area (Å²) >= 11 is 1.73. The summed E-state index contributed by atoms with van der Waals surface area (Å²) in [4.78, 5) is 21.7. The van der Waals surface area contributed by atoms with Crippen molar-refractivity contribution in [1.29, 1.82) is 0 Å².